The number of carbonyl (C=O) groups is 1. The zero-order chi connectivity index (χ0) is 27.9. The number of rotatable bonds is 5. The van der Waals surface area contributed by atoms with Crippen LogP contribution in [-0.4, -0.2) is 25.6 Å². The van der Waals surface area contributed by atoms with E-state index in [9.17, 15) is 26.4 Å². The molecule has 4 aromatic carbocycles. The molecule has 198 valence electrons. The van der Waals surface area contributed by atoms with E-state index in [2.05, 4.69) is 10.3 Å². The van der Waals surface area contributed by atoms with E-state index in [1.165, 1.54) is 30.3 Å². The number of aromatic nitrogens is 1. The number of fused-ring (bicyclic) bond motifs is 1. The predicted octanol–water partition coefficient (Wildman–Crippen LogP) is 7.49. The minimum absolute atomic E-state index is 0.0560. The van der Waals surface area contributed by atoms with Gasteiger partial charge in [-0.2, -0.15) is 13.2 Å². The highest BCUT2D eigenvalue weighted by molar-refractivity contribution is 7.90. The van der Waals surface area contributed by atoms with Crippen molar-refractivity contribution in [1.82, 2.24) is 4.98 Å². The molecule has 11 heteroatoms. The minimum atomic E-state index is -4.55. The molecule has 5 aromatic rings. The van der Waals surface area contributed by atoms with E-state index in [1.807, 2.05) is 6.07 Å². The second kappa shape index (κ2) is 9.87. The first-order valence-corrected chi connectivity index (χ1v) is 13.7. The first-order chi connectivity index (χ1) is 18.4. The van der Waals surface area contributed by atoms with Gasteiger partial charge in [0.2, 0.25) is 5.89 Å². The summed E-state index contributed by atoms with van der Waals surface area (Å²) in [7, 11) is -3.66. The molecule has 6 nitrogen and oxygen atoms in total. The van der Waals surface area contributed by atoms with Crippen molar-refractivity contribution in [2.45, 2.75) is 11.1 Å². The summed E-state index contributed by atoms with van der Waals surface area (Å²) in [6, 6.07) is 19.8. The van der Waals surface area contributed by atoms with Gasteiger partial charge in [0.05, 0.1) is 21.0 Å². The molecule has 5 rings (SSSR count). The summed E-state index contributed by atoms with van der Waals surface area (Å²) in [5.74, 6) is -0.365. The quantitative estimate of drug-likeness (QED) is 0.236. The lowest BCUT2D eigenvalue weighted by Crippen LogP contribution is -2.14. The molecular weight excluding hydrogens is 553 g/mol. The van der Waals surface area contributed by atoms with E-state index in [4.69, 9.17) is 16.0 Å². The molecular formula is C28H18ClF3N2O4S. The van der Waals surface area contributed by atoms with Gasteiger partial charge in [-0.3, -0.25) is 4.79 Å². The number of carbonyl (C=O) groups excluding carboxylic acids is 1. The summed E-state index contributed by atoms with van der Waals surface area (Å²) in [6.07, 6.45) is -3.55. The summed E-state index contributed by atoms with van der Waals surface area (Å²) in [4.78, 5) is 17.7. The second-order valence-corrected chi connectivity index (χ2v) is 11.1. The van der Waals surface area contributed by atoms with Crippen LogP contribution in [-0.2, 0) is 16.0 Å². The molecule has 0 aliphatic carbocycles. The van der Waals surface area contributed by atoms with Crippen molar-refractivity contribution >= 4 is 44.1 Å². The maximum Gasteiger partial charge on any atom is 0.416 e. The van der Waals surface area contributed by atoms with E-state index in [1.54, 1.807) is 36.4 Å². The van der Waals surface area contributed by atoms with E-state index in [-0.39, 0.29) is 27.5 Å². The Kier molecular flexibility index (Phi) is 6.69. The highest BCUT2D eigenvalue weighted by atomic mass is 35.5. The number of para-hydroxylation sites is 2. The molecule has 0 atom stereocenters. The molecule has 0 unspecified atom stereocenters. The van der Waals surface area contributed by atoms with Gasteiger partial charge in [0.25, 0.3) is 5.91 Å². The highest BCUT2D eigenvalue weighted by Crippen LogP contribution is 2.35. The Bertz CT molecular complexity index is 1800. The maximum absolute atomic E-state index is 13.4. The van der Waals surface area contributed by atoms with Gasteiger partial charge in [-0.05, 0) is 71.8 Å². The molecule has 1 amide bonds. The van der Waals surface area contributed by atoms with Crippen molar-refractivity contribution in [3.63, 3.8) is 0 Å². The van der Waals surface area contributed by atoms with Crippen LogP contribution in [0.5, 0.6) is 0 Å². The Morgan fingerprint density at radius 2 is 1.64 bits per heavy atom. The molecule has 39 heavy (non-hydrogen) atoms. The van der Waals surface area contributed by atoms with Crippen LogP contribution in [0.1, 0.15) is 15.9 Å². The van der Waals surface area contributed by atoms with E-state index in [0.29, 0.717) is 27.4 Å². The van der Waals surface area contributed by atoms with Gasteiger partial charge < -0.3 is 9.73 Å². The van der Waals surface area contributed by atoms with Gasteiger partial charge in [-0.15, -0.1) is 0 Å². The highest BCUT2D eigenvalue weighted by Gasteiger charge is 2.30. The van der Waals surface area contributed by atoms with Crippen molar-refractivity contribution in [3.05, 3.63) is 101 Å². The van der Waals surface area contributed by atoms with Gasteiger partial charge in [-0.25, -0.2) is 13.4 Å². The maximum atomic E-state index is 13.4. The van der Waals surface area contributed by atoms with Crippen LogP contribution in [0.4, 0.5) is 18.9 Å². The number of nitrogens with one attached hydrogen (secondary N) is 1. The normalized spacial score (nSPS) is 12.0. The van der Waals surface area contributed by atoms with E-state index in [0.717, 1.165) is 18.4 Å². The lowest BCUT2D eigenvalue weighted by Gasteiger charge is -2.14. The molecule has 0 saturated heterocycles. The number of nitrogens with zero attached hydrogens (tertiary/aromatic N) is 1. The third kappa shape index (κ3) is 5.52. The van der Waals surface area contributed by atoms with Crippen molar-refractivity contribution in [3.8, 4) is 22.6 Å². The third-order valence-electron chi connectivity index (χ3n) is 5.94. The number of alkyl halides is 3. The van der Waals surface area contributed by atoms with Crippen LogP contribution in [0.15, 0.2) is 94.2 Å². The largest absolute Gasteiger partial charge is 0.436 e. The summed E-state index contributed by atoms with van der Waals surface area (Å²) in [5.41, 5.74) is 1.53. The SMILES string of the molecule is CS(=O)(=O)c1ccc(C(=O)Nc2ccc(Cl)c(-c3nc4ccccc4o3)c2)c(-c2ccc(C(F)(F)F)cc2)c1. The van der Waals surface area contributed by atoms with Crippen molar-refractivity contribution in [1.29, 1.82) is 0 Å². The summed E-state index contributed by atoms with van der Waals surface area (Å²) >= 11 is 6.37. The first kappa shape index (κ1) is 26.5. The average molecular weight is 571 g/mol. The monoisotopic (exact) mass is 570 g/mol. The zero-order valence-electron chi connectivity index (χ0n) is 20.1. The minimum Gasteiger partial charge on any atom is -0.436 e. The van der Waals surface area contributed by atoms with Crippen molar-refractivity contribution in [2.24, 2.45) is 0 Å². The summed E-state index contributed by atoms with van der Waals surface area (Å²) in [6.45, 7) is 0. The smallest absolute Gasteiger partial charge is 0.416 e. The molecule has 0 spiro atoms. The topological polar surface area (TPSA) is 89.3 Å². The standard InChI is InChI=1S/C28H18ClF3N2O4S/c1-39(36,37)19-11-12-20(21(15-19)16-6-8-17(9-7-16)28(30,31)32)26(35)33-18-10-13-23(29)22(14-18)27-34-24-4-2-3-5-25(24)38-27/h2-15H,1H3,(H,33,35). The fourth-order valence-electron chi connectivity index (χ4n) is 3.98. The van der Waals surface area contributed by atoms with Crippen LogP contribution in [0, 0.1) is 0 Å². The molecule has 0 aliphatic rings. The number of sulfone groups is 1. The van der Waals surface area contributed by atoms with Gasteiger partial charge in [-0.1, -0.05) is 35.9 Å². The summed E-state index contributed by atoms with van der Waals surface area (Å²) in [5, 5.41) is 3.07. The molecule has 1 heterocycles. The lowest BCUT2D eigenvalue weighted by atomic mass is 9.98. The zero-order valence-corrected chi connectivity index (χ0v) is 21.7. The summed E-state index contributed by atoms with van der Waals surface area (Å²) < 4.78 is 69.3. The number of anilines is 1. The number of oxazole rings is 1. The van der Waals surface area contributed by atoms with Crippen LogP contribution >= 0.6 is 11.6 Å². The number of hydrogen-bond donors (Lipinski definition) is 1. The Labute approximate surface area is 226 Å². The second-order valence-electron chi connectivity index (χ2n) is 8.69. The number of halogens is 4. The van der Waals surface area contributed by atoms with Crippen LogP contribution < -0.4 is 5.32 Å². The third-order valence-corrected chi connectivity index (χ3v) is 7.38. The van der Waals surface area contributed by atoms with Crippen LogP contribution in [0.3, 0.4) is 0 Å². The van der Waals surface area contributed by atoms with Gasteiger partial charge in [0.15, 0.2) is 15.4 Å². The molecule has 0 aliphatic heterocycles. The Hall–Kier alpha value is -4.15. The molecule has 1 aromatic heterocycles. The molecule has 1 N–H and O–H groups in total. The first-order valence-electron chi connectivity index (χ1n) is 11.4. The van der Waals surface area contributed by atoms with Gasteiger partial charge in [0, 0.05) is 17.5 Å². The molecule has 0 radical (unpaired) electrons. The Morgan fingerprint density at radius 3 is 2.31 bits per heavy atom. The average Bonchev–Trinajstić information content (AvgIpc) is 3.32. The fourth-order valence-corrected chi connectivity index (χ4v) is 4.83. The van der Waals surface area contributed by atoms with Crippen molar-refractivity contribution in [2.75, 3.05) is 11.6 Å². The predicted molar refractivity (Wildman–Crippen MR) is 142 cm³/mol. The van der Waals surface area contributed by atoms with Gasteiger partial charge in [0.1, 0.15) is 5.52 Å². The lowest BCUT2D eigenvalue weighted by molar-refractivity contribution is -0.137. The number of amides is 1. The van der Waals surface area contributed by atoms with Crippen LogP contribution in [0.25, 0.3) is 33.7 Å². The van der Waals surface area contributed by atoms with Crippen molar-refractivity contribution < 1.29 is 30.8 Å². The Morgan fingerprint density at radius 1 is 0.923 bits per heavy atom. The molecule has 0 bridgehead atoms. The van der Waals surface area contributed by atoms with E-state index < -0.39 is 27.5 Å². The Balaban J connectivity index is 1.52. The number of hydrogen-bond acceptors (Lipinski definition) is 5. The van der Waals surface area contributed by atoms with Gasteiger partial charge >= 0.3 is 6.18 Å². The fraction of sp³-hybridized carbons (Fsp3) is 0.0714. The van der Waals surface area contributed by atoms with E-state index >= 15 is 0 Å². The molecule has 0 saturated carbocycles. The van der Waals surface area contributed by atoms with Crippen LogP contribution in [0.2, 0.25) is 5.02 Å². The number of benzene rings is 4. The molecule has 0 fully saturated rings.